The van der Waals surface area contributed by atoms with E-state index in [4.69, 9.17) is 4.98 Å². The third-order valence-corrected chi connectivity index (χ3v) is 12.0. The molecule has 11 aromatic rings. The average Bonchev–Trinajstić information content (AvgIpc) is 3.85. The van der Waals surface area contributed by atoms with Crippen LogP contribution in [0.15, 0.2) is 194 Å². The molecule has 0 spiro atoms. The highest BCUT2D eigenvalue weighted by Gasteiger charge is 2.21. The second-order valence-electron chi connectivity index (χ2n) is 13.9. The molecule has 8 aromatic carbocycles. The second-order valence-corrected chi connectivity index (χ2v) is 14.9. The minimum absolute atomic E-state index is 0.970. The van der Waals surface area contributed by atoms with Crippen LogP contribution in [0, 0.1) is 0 Å². The highest BCUT2D eigenvalue weighted by molar-refractivity contribution is 7.26. The van der Waals surface area contributed by atoms with Crippen molar-refractivity contribution in [3.05, 3.63) is 194 Å². The van der Waals surface area contributed by atoms with Crippen molar-refractivity contribution in [3.63, 3.8) is 0 Å². The standard InChI is InChI=1S/C51H32N2S/c1-3-14-35(15-4-1)48-49(36-16-5-2-6-17-36)53-46-31-30-37(32-45(46)40-20-9-10-22-44(40)51(53)52-48)33-26-28-34(29-27-33)38-18-7-8-19-39(38)42-23-13-24-43-41-21-11-12-25-47(41)54-50(42)43/h1-32H. The number of thiophene rings is 1. The topological polar surface area (TPSA) is 17.3 Å². The summed E-state index contributed by atoms with van der Waals surface area (Å²) >= 11 is 1.88. The predicted octanol–water partition coefficient (Wildman–Crippen LogP) is 14.3. The predicted molar refractivity (Wildman–Crippen MR) is 230 cm³/mol. The van der Waals surface area contributed by atoms with Crippen molar-refractivity contribution >= 4 is 58.8 Å². The van der Waals surface area contributed by atoms with Crippen LogP contribution < -0.4 is 0 Å². The van der Waals surface area contributed by atoms with Crippen molar-refractivity contribution < 1.29 is 0 Å². The lowest BCUT2D eigenvalue weighted by atomic mass is 9.92. The molecule has 0 N–H and O–H groups in total. The molecular formula is C51H32N2S. The van der Waals surface area contributed by atoms with Gasteiger partial charge < -0.3 is 0 Å². The van der Waals surface area contributed by atoms with Gasteiger partial charge in [-0.05, 0) is 51.4 Å². The normalized spacial score (nSPS) is 11.7. The van der Waals surface area contributed by atoms with Gasteiger partial charge in [0.2, 0.25) is 0 Å². The number of hydrogen-bond acceptors (Lipinski definition) is 2. The fourth-order valence-electron chi connectivity index (χ4n) is 8.31. The van der Waals surface area contributed by atoms with E-state index in [-0.39, 0.29) is 0 Å². The van der Waals surface area contributed by atoms with Gasteiger partial charge in [-0.2, -0.15) is 0 Å². The number of pyridine rings is 1. The Balaban J connectivity index is 1.06. The van der Waals surface area contributed by atoms with E-state index in [1.165, 1.54) is 64.3 Å². The number of benzene rings is 8. The molecule has 0 saturated carbocycles. The molecule has 0 bridgehead atoms. The van der Waals surface area contributed by atoms with Crippen LogP contribution in [-0.4, -0.2) is 9.38 Å². The van der Waals surface area contributed by atoms with Gasteiger partial charge in [-0.15, -0.1) is 11.3 Å². The maximum Gasteiger partial charge on any atom is 0.146 e. The Hall–Kier alpha value is -6.81. The molecule has 0 unspecified atom stereocenters. The molecule has 0 amide bonds. The van der Waals surface area contributed by atoms with Gasteiger partial charge in [0.05, 0.1) is 16.9 Å². The molecule has 0 saturated heterocycles. The number of imidazole rings is 1. The van der Waals surface area contributed by atoms with Gasteiger partial charge >= 0.3 is 0 Å². The molecule has 11 rings (SSSR count). The Morgan fingerprint density at radius 3 is 1.76 bits per heavy atom. The lowest BCUT2D eigenvalue weighted by Gasteiger charge is -2.14. The third-order valence-electron chi connectivity index (χ3n) is 10.8. The Labute approximate surface area is 316 Å². The summed E-state index contributed by atoms with van der Waals surface area (Å²) in [4.78, 5) is 5.38. The number of fused-ring (bicyclic) bond motifs is 9. The van der Waals surface area contributed by atoms with E-state index in [1.807, 2.05) is 11.3 Å². The monoisotopic (exact) mass is 704 g/mol. The summed E-state index contributed by atoms with van der Waals surface area (Å²) in [5.74, 6) is 0. The van der Waals surface area contributed by atoms with Crippen LogP contribution in [0.3, 0.4) is 0 Å². The van der Waals surface area contributed by atoms with E-state index in [9.17, 15) is 0 Å². The SMILES string of the molecule is c1ccc(-c2nc3c4ccccc4c4cc(-c5ccc(-c6ccccc6-c6cccc7c6sc6ccccc67)cc5)ccc4n3c2-c2ccccc2)cc1. The van der Waals surface area contributed by atoms with Gasteiger partial charge in [0.1, 0.15) is 5.65 Å². The molecular weight excluding hydrogens is 673 g/mol. The lowest BCUT2D eigenvalue weighted by molar-refractivity contribution is 1.27. The summed E-state index contributed by atoms with van der Waals surface area (Å²) in [6.07, 6.45) is 0. The van der Waals surface area contributed by atoms with Crippen molar-refractivity contribution in [3.8, 4) is 55.9 Å². The fourth-order valence-corrected chi connectivity index (χ4v) is 9.54. The first kappa shape index (κ1) is 30.8. The van der Waals surface area contributed by atoms with Crippen molar-refractivity contribution in [2.24, 2.45) is 0 Å². The van der Waals surface area contributed by atoms with Crippen LogP contribution in [0.4, 0.5) is 0 Å². The Bertz CT molecular complexity index is 3190. The molecule has 3 heteroatoms. The quantitative estimate of drug-likeness (QED) is 0.163. The molecule has 0 radical (unpaired) electrons. The van der Waals surface area contributed by atoms with Gasteiger partial charge in [0.25, 0.3) is 0 Å². The molecule has 0 atom stereocenters. The van der Waals surface area contributed by atoms with Crippen LogP contribution in [0.25, 0.3) is 103 Å². The van der Waals surface area contributed by atoms with Gasteiger partial charge in [-0.3, -0.25) is 4.40 Å². The minimum atomic E-state index is 0.970. The summed E-state index contributed by atoms with van der Waals surface area (Å²) in [6, 6.07) is 70.2. The summed E-state index contributed by atoms with van der Waals surface area (Å²) in [6.45, 7) is 0. The van der Waals surface area contributed by atoms with E-state index < -0.39 is 0 Å². The van der Waals surface area contributed by atoms with Crippen molar-refractivity contribution in [2.45, 2.75) is 0 Å². The minimum Gasteiger partial charge on any atom is -0.291 e. The highest BCUT2D eigenvalue weighted by Crippen LogP contribution is 2.44. The number of rotatable bonds is 5. The molecule has 0 aliphatic heterocycles. The molecule has 0 aliphatic rings. The average molecular weight is 705 g/mol. The van der Waals surface area contributed by atoms with E-state index in [2.05, 4.69) is 199 Å². The van der Waals surface area contributed by atoms with Crippen LogP contribution in [-0.2, 0) is 0 Å². The van der Waals surface area contributed by atoms with E-state index >= 15 is 0 Å². The van der Waals surface area contributed by atoms with Crippen molar-refractivity contribution in [2.75, 3.05) is 0 Å². The summed E-state index contributed by atoms with van der Waals surface area (Å²) in [5, 5.41) is 6.19. The van der Waals surface area contributed by atoms with Gasteiger partial charge in [0.15, 0.2) is 0 Å². The largest absolute Gasteiger partial charge is 0.291 e. The van der Waals surface area contributed by atoms with E-state index in [0.717, 1.165) is 39.1 Å². The maximum absolute atomic E-state index is 5.38. The van der Waals surface area contributed by atoms with Crippen molar-refractivity contribution in [1.29, 1.82) is 0 Å². The second kappa shape index (κ2) is 12.4. The van der Waals surface area contributed by atoms with Gasteiger partial charge in [-0.1, -0.05) is 176 Å². The number of hydrogen-bond donors (Lipinski definition) is 0. The Kier molecular flexibility index (Phi) is 7.07. The number of aromatic nitrogens is 2. The van der Waals surface area contributed by atoms with Crippen LogP contribution in [0.1, 0.15) is 0 Å². The first-order chi connectivity index (χ1) is 26.8. The first-order valence-electron chi connectivity index (χ1n) is 18.4. The zero-order valence-corrected chi connectivity index (χ0v) is 30.1. The molecule has 0 aliphatic carbocycles. The third kappa shape index (κ3) is 4.83. The van der Waals surface area contributed by atoms with E-state index in [1.54, 1.807) is 0 Å². The maximum atomic E-state index is 5.38. The van der Waals surface area contributed by atoms with Gasteiger partial charge in [-0.25, -0.2) is 4.98 Å². The summed E-state index contributed by atoms with van der Waals surface area (Å²) in [5.41, 5.74) is 13.8. The van der Waals surface area contributed by atoms with E-state index in [0.29, 0.717) is 0 Å². The molecule has 252 valence electrons. The Morgan fingerprint density at radius 1 is 0.370 bits per heavy atom. The fraction of sp³-hybridized carbons (Fsp3) is 0. The molecule has 0 fully saturated rings. The first-order valence-corrected chi connectivity index (χ1v) is 19.2. The molecule has 2 nitrogen and oxygen atoms in total. The van der Waals surface area contributed by atoms with Crippen LogP contribution in [0.5, 0.6) is 0 Å². The van der Waals surface area contributed by atoms with Crippen LogP contribution >= 0.6 is 11.3 Å². The molecule has 3 heterocycles. The summed E-state index contributed by atoms with van der Waals surface area (Å²) < 4.78 is 5.03. The highest BCUT2D eigenvalue weighted by atomic mass is 32.1. The summed E-state index contributed by atoms with van der Waals surface area (Å²) in [7, 11) is 0. The molecule has 54 heavy (non-hydrogen) atoms. The molecule has 3 aromatic heterocycles. The number of nitrogens with zero attached hydrogens (tertiary/aromatic N) is 2. The van der Waals surface area contributed by atoms with Crippen molar-refractivity contribution in [1.82, 2.24) is 9.38 Å². The zero-order chi connectivity index (χ0) is 35.6. The lowest BCUT2D eigenvalue weighted by Crippen LogP contribution is -1.95. The smallest absolute Gasteiger partial charge is 0.146 e. The Morgan fingerprint density at radius 2 is 0.963 bits per heavy atom. The van der Waals surface area contributed by atoms with Gasteiger partial charge in [0, 0.05) is 47.6 Å². The zero-order valence-electron chi connectivity index (χ0n) is 29.3. The van der Waals surface area contributed by atoms with Crippen LogP contribution in [0.2, 0.25) is 0 Å².